The Hall–Kier alpha value is -3.37. The summed E-state index contributed by atoms with van der Waals surface area (Å²) in [6.45, 7) is 3.92. The molecule has 11 heteroatoms. The lowest BCUT2D eigenvalue weighted by Crippen LogP contribution is -2.28. The molecule has 1 aromatic carbocycles. The lowest BCUT2D eigenvalue weighted by atomic mass is 9.94. The van der Waals surface area contributed by atoms with Crippen LogP contribution in [0.5, 0.6) is 11.5 Å². The van der Waals surface area contributed by atoms with Gasteiger partial charge in [-0.05, 0) is 73.1 Å². The maximum Gasteiger partial charge on any atom is 0.226 e. The third-order valence-electron chi connectivity index (χ3n) is 6.75. The van der Waals surface area contributed by atoms with E-state index in [2.05, 4.69) is 25.0 Å². The molecule has 35 heavy (non-hydrogen) atoms. The van der Waals surface area contributed by atoms with Crippen molar-refractivity contribution in [1.29, 1.82) is 0 Å². The van der Waals surface area contributed by atoms with Crippen molar-refractivity contribution in [2.45, 2.75) is 32.2 Å². The summed E-state index contributed by atoms with van der Waals surface area (Å²) in [7, 11) is 0. The van der Waals surface area contributed by atoms with Crippen molar-refractivity contribution in [2.75, 3.05) is 32.0 Å². The van der Waals surface area contributed by atoms with Gasteiger partial charge in [0.05, 0.1) is 6.20 Å². The molecule has 2 aliphatic heterocycles. The van der Waals surface area contributed by atoms with Gasteiger partial charge in [0.1, 0.15) is 25.3 Å². The Balaban J connectivity index is 1.42. The van der Waals surface area contributed by atoms with E-state index in [-0.39, 0.29) is 11.1 Å². The topological polar surface area (TPSA) is 126 Å². The highest BCUT2D eigenvalue weighted by molar-refractivity contribution is 6.28. The molecule has 0 unspecified atom stereocenters. The summed E-state index contributed by atoms with van der Waals surface area (Å²) in [5.74, 6) is 3.19. The minimum absolute atomic E-state index is 0.119. The number of piperidine rings is 1. The average Bonchev–Trinajstić information content (AvgIpc) is 3.52. The molecule has 6 rings (SSSR count). The van der Waals surface area contributed by atoms with Crippen LogP contribution in [0.25, 0.3) is 22.3 Å². The number of imidazole rings is 1. The zero-order valence-corrected chi connectivity index (χ0v) is 19.9. The number of benzene rings is 1. The quantitative estimate of drug-likeness (QED) is 0.386. The molecule has 0 radical (unpaired) electrons. The molecule has 0 atom stereocenters. The maximum absolute atomic E-state index is 6.19. The summed E-state index contributed by atoms with van der Waals surface area (Å²) < 4.78 is 19.0. The van der Waals surface area contributed by atoms with Crippen molar-refractivity contribution in [2.24, 2.45) is 5.92 Å². The fraction of sp³-hybridized carbons (Fsp3) is 0.417. The number of ether oxygens (including phenoxy) is 2. The number of hydrogen-bond donors (Lipinski definition) is 2. The standard InChI is InChI=1S/C24H26ClN7O3/c25-24-30-22(26)21-23(31-24)32(6-3-14-1-4-27-5-2-14)20(29-21)10-15-9-18-19(34-8-7-33-18)11-17(15)16-12-28-35-13-16/h9,11-14,27H,1-8,10H2,(H2,26,30,31). The van der Waals surface area contributed by atoms with Crippen molar-refractivity contribution in [3.8, 4) is 22.6 Å². The fourth-order valence-electron chi connectivity index (χ4n) is 4.95. The van der Waals surface area contributed by atoms with Gasteiger partial charge in [0.15, 0.2) is 28.5 Å². The van der Waals surface area contributed by atoms with E-state index in [0.717, 1.165) is 48.6 Å². The van der Waals surface area contributed by atoms with Gasteiger partial charge in [-0.15, -0.1) is 0 Å². The number of hydrogen-bond acceptors (Lipinski definition) is 9. The molecule has 3 N–H and O–H groups in total. The average molecular weight is 496 g/mol. The van der Waals surface area contributed by atoms with Crippen molar-refractivity contribution >= 4 is 28.6 Å². The van der Waals surface area contributed by atoms with Gasteiger partial charge >= 0.3 is 0 Å². The zero-order valence-electron chi connectivity index (χ0n) is 19.2. The number of nitrogens with zero attached hydrogens (tertiary/aromatic N) is 5. The van der Waals surface area contributed by atoms with Crippen LogP contribution in [-0.4, -0.2) is 51.0 Å². The van der Waals surface area contributed by atoms with Crippen LogP contribution in [-0.2, 0) is 13.0 Å². The number of anilines is 1. The Bertz CT molecular complexity index is 1350. The Kier molecular flexibility index (Phi) is 5.91. The lowest BCUT2D eigenvalue weighted by molar-refractivity contribution is 0.171. The number of aryl methyl sites for hydroxylation is 1. The highest BCUT2D eigenvalue weighted by atomic mass is 35.5. The van der Waals surface area contributed by atoms with Gasteiger partial charge in [-0.25, -0.2) is 4.98 Å². The molecule has 3 aromatic heterocycles. The monoisotopic (exact) mass is 495 g/mol. The van der Waals surface area contributed by atoms with E-state index >= 15 is 0 Å². The molecule has 0 spiro atoms. The largest absolute Gasteiger partial charge is 0.486 e. The van der Waals surface area contributed by atoms with Crippen molar-refractivity contribution in [3.63, 3.8) is 0 Å². The predicted octanol–water partition coefficient (Wildman–Crippen LogP) is 3.47. The van der Waals surface area contributed by atoms with Gasteiger partial charge < -0.3 is 29.6 Å². The molecular weight excluding hydrogens is 470 g/mol. The normalized spacial score (nSPS) is 16.1. The molecule has 0 amide bonds. The summed E-state index contributed by atoms with van der Waals surface area (Å²) in [6, 6.07) is 3.98. The summed E-state index contributed by atoms with van der Waals surface area (Å²) in [5.41, 5.74) is 10.2. The van der Waals surface area contributed by atoms with E-state index in [9.17, 15) is 0 Å². The molecule has 0 saturated carbocycles. The van der Waals surface area contributed by atoms with E-state index in [4.69, 9.17) is 36.3 Å². The van der Waals surface area contributed by atoms with E-state index in [1.54, 1.807) is 12.5 Å². The Labute approximate surface area is 206 Å². The Morgan fingerprint density at radius 2 is 1.89 bits per heavy atom. The second-order valence-corrected chi connectivity index (χ2v) is 9.29. The third kappa shape index (κ3) is 4.39. The SMILES string of the molecule is Nc1nc(Cl)nc2c1nc(Cc1cc3c(cc1-c1cnoc1)OCCO3)n2CCC1CCNCC1. The first-order chi connectivity index (χ1) is 17.2. The number of nitrogens with two attached hydrogens (primary N) is 1. The fourth-order valence-corrected chi connectivity index (χ4v) is 5.12. The van der Waals surface area contributed by atoms with E-state index in [1.165, 1.54) is 12.8 Å². The molecule has 1 fully saturated rings. The molecule has 1 saturated heterocycles. The number of aromatic nitrogens is 5. The van der Waals surface area contributed by atoms with E-state index < -0.39 is 0 Å². The number of nitrogens with one attached hydrogen (secondary N) is 1. The van der Waals surface area contributed by atoms with Gasteiger partial charge in [0.2, 0.25) is 5.28 Å². The third-order valence-corrected chi connectivity index (χ3v) is 6.92. The minimum atomic E-state index is 0.119. The zero-order chi connectivity index (χ0) is 23.8. The van der Waals surface area contributed by atoms with Crippen LogP contribution < -0.4 is 20.5 Å². The molecule has 2 aliphatic rings. The predicted molar refractivity (Wildman–Crippen MR) is 131 cm³/mol. The molecule has 4 aromatic rings. The van der Waals surface area contributed by atoms with Crippen molar-refractivity contribution < 1.29 is 14.0 Å². The second kappa shape index (κ2) is 9.35. The smallest absolute Gasteiger partial charge is 0.226 e. The van der Waals surface area contributed by atoms with Crippen LogP contribution in [0.4, 0.5) is 5.82 Å². The molecule has 182 valence electrons. The van der Waals surface area contributed by atoms with Crippen LogP contribution in [0.3, 0.4) is 0 Å². The number of rotatable bonds is 6. The van der Waals surface area contributed by atoms with Gasteiger partial charge in [0, 0.05) is 18.5 Å². The summed E-state index contributed by atoms with van der Waals surface area (Å²) >= 11 is 6.19. The first-order valence-electron chi connectivity index (χ1n) is 11.9. The van der Waals surface area contributed by atoms with Crippen LogP contribution >= 0.6 is 11.6 Å². The molecule has 5 heterocycles. The van der Waals surface area contributed by atoms with Gasteiger partial charge in [-0.1, -0.05) is 5.16 Å². The molecule has 0 aliphatic carbocycles. The van der Waals surface area contributed by atoms with Gasteiger partial charge in [0.25, 0.3) is 0 Å². The highest BCUT2D eigenvalue weighted by Crippen LogP contribution is 2.39. The second-order valence-electron chi connectivity index (χ2n) is 8.95. The first kappa shape index (κ1) is 22.1. The molecular formula is C24H26ClN7O3. The Morgan fingerprint density at radius 3 is 2.66 bits per heavy atom. The van der Waals surface area contributed by atoms with E-state index in [1.807, 2.05) is 12.1 Å². The number of fused-ring (bicyclic) bond motifs is 2. The summed E-state index contributed by atoms with van der Waals surface area (Å²) in [6.07, 6.45) is 7.20. The van der Waals surface area contributed by atoms with Gasteiger partial charge in [-0.2, -0.15) is 9.97 Å². The van der Waals surface area contributed by atoms with Gasteiger partial charge in [-0.3, -0.25) is 0 Å². The molecule has 0 bridgehead atoms. The maximum atomic E-state index is 6.19. The number of nitrogen functional groups attached to an aromatic ring is 1. The minimum Gasteiger partial charge on any atom is -0.486 e. The summed E-state index contributed by atoms with van der Waals surface area (Å²) in [4.78, 5) is 13.5. The van der Waals surface area contributed by atoms with Crippen molar-refractivity contribution in [3.05, 3.63) is 41.3 Å². The van der Waals surface area contributed by atoms with Crippen molar-refractivity contribution in [1.82, 2.24) is 30.0 Å². The van der Waals surface area contributed by atoms with Crippen LogP contribution in [0.2, 0.25) is 5.28 Å². The van der Waals surface area contributed by atoms with E-state index in [0.29, 0.717) is 48.2 Å². The van der Waals surface area contributed by atoms with Crippen LogP contribution in [0.15, 0.2) is 29.1 Å². The highest BCUT2D eigenvalue weighted by Gasteiger charge is 2.23. The Morgan fingerprint density at radius 1 is 1.09 bits per heavy atom. The molecule has 10 nitrogen and oxygen atoms in total. The number of halogens is 1. The van der Waals surface area contributed by atoms with Crippen LogP contribution in [0, 0.1) is 5.92 Å². The van der Waals surface area contributed by atoms with Crippen LogP contribution in [0.1, 0.15) is 30.7 Å². The first-order valence-corrected chi connectivity index (χ1v) is 12.2. The summed E-state index contributed by atoms with van der Waals surface area (Å²) in [5, 5.41) is 7.44. The lowest BCUT2D eigenvalue weighted by Gasteiger charge is -2.23.